The van der Waals surface area contributed by atoms with E-state index in [1.54, 1.807) is 24.3 Å². The summed E-state index contributed by atoms with van der Waals surface area (Å²) >= 11 is 0. The Kier molecular flexibility index (Phi) is 7.12. The molecule has 9 heteroatoms. The Morgan fingerprint density at radius 1 is 1.07 bits per heavy atom. The van der Waals surface area contributed by atoms with Crippen LogP contribution in [0.4, 0.5) is 14.5 Å². The first-order chi connectivity index (χ1) is 12.8. The molecule has 146 valence electrons. The van der Waals surface area contributed by atoms with Crippen molar-refractivity contribution < 1.29 is 17.2 Å². The largest absolute Gasteiger partial charge is 0.357 e. The minimum absolute atomic E-state index is 0.0395. The van der Waals surface area contributed by atoms with Crippen molar-refractivity contribution in [2.24, 2.45) is 4.99 Å². The Morgan fingerprint density at radius 2 is 1.81 bits per heavy atom. The van der Waals surface area contributed by atoms with E-state index in [0.29, 0.717) is 23.8 Å². The van der Waals surface area contributed by atoms with Gasteiger partial charge in [0.05, 0.1) is 18.5 Å². The number of hydrogen-bond donors (Lipinski definition) is 3. The van der Waals surface area contributed by atoms with Crippen LogP contribution in [-0.2, 0) is 23.1 Å². The van der Waals surface area contributed by atoms with Gasteiger partial charge >= 0.3 is 0 Å². The third-order valence-electron chi connectivity index (χ3n) is 3.52. The molecule has 27 heavy (non-hydrogen) atoms. The Morgan fingerprint density at radius 3 is 2.52 bits per heavy atom. The molecule has 0 aromatic heterocycles. The normalized spacial score (nSPS) is 11.9. The molecule has 0 atom stereocenters. The average molecular weight is 396 g/mol. The lowest BCUT2D eigenvalue weighted by Gasteiger charge is -2.14. The van der Waals surface area contributed by atoms with E-state index >= 15 is 0 Å². The van der Waals surface area contributed by atoms with Gasteiger partial charge in [-0.25, -0.2) is 22.2 Å². The highest BCUT2D eigenvalue weighted by Crippen LogP contribution is 2.16. The zero-order chi connectivity index (χ0) is 19.9. The quantitative estimate of drug-likeness (QED) is 0.496. The van der Waals surface area contributed by atoms with Crippen LogP contribution >= 0.6 is 0 Å². The van der Waals surface area contributed by atoms with Crippen LogP contribution in [0.3, 0.4) is 0 Å². The minimum Gasteiger partial charge on any atom is -0.357 e. The molecule has 0 saturated heterocycles. The second kappa shape index (κ2) is 9.31. The zero-order valence-corrected chi connectivity index (χ0v) is 15.9. The molecule has 2 rings (SSSR count). The van der Waals surface area contributed by atoms with Crippen LogP contribution < -0.4 is 15.4 Å². The van der Waals surface area contributed by atoms with E-state index in [1.807, 2.05) is 6.92 Å². The van der Waals surface area contributed by atoms with Gasteiger partial charge in [0.2, 0.25) is 10.0 Å². The van der Waals surface area contributed by atoms with Gasteiger partial charge in [0.1, 0.15) is 11.6 Å². The molecule has 0 amide bonds. The molecule has 2 aromatic carbocycles. The number of para-hydroxylation sites is 1. The standard InChI is InChI=1S/C18H22F2N4O2S/c1-3-21-18(23-12-14-10-15(19)8-9-16(14)20)22-11-13-6-4-5-7-17(13)24-27(2,25)26/h4-10,24H,3,11-12H2,1-2H3,(H2,21,22,23). The first-order valence-corrected chi connectivity index (χ1v) is 10.2. The third-order valence-corrected chi connectivity index (χ3v) is 4.11. The number of guanidine groups is 1. The lowest BCUT2D eigenvalue weighted by atomic mass is 10.2. The molecule has 0 aliphatic heterocycles. The van der Waals surface area contributed by atoms with E-state index in [-0.39, 0.29) is 18.7 Å². The predicted octanol–water partition coefficient (Wildman–Crippen LogP) is 2.59. The molecule has 0 aliphatic carbocycles. The maximum atomic E-state index is 13.7. The van der Waals surface area contributed by atoms with Gasteiger partial charge in [0.15, 0.2) is 5.96 Å². The number of aliphatic imine (C=N–C) groups is 1. The Balaban J connectivity index is 2.12. The molecule has 0 bridgehead atoms. The maximum Gasteiger partial charge on any atom is 0.229 e. The first kappa shape index (κ1) is 20.6. The van der Waals surface area contributed by atoms with Gasteiger partial charge in [-0.05, 0) is 36.8 Å². The van der Waals surface area contributed by atoms with Crippen LogP contribution in [0.1, 0.15) is 18.1 Å². The molecule has 6 nitrogen and oxygen atoms in total. The van der Waals surface area contributed by atoms with Crippen molar-refractivity contribution in [3.63, 3.8) is 0 Å². The SMILES string of the molecule is CCNC(=NCc1cc(F)ccc1F)NCc1ccccc1NS(C)(=O)=O. The lowest BCUT2D eigenvalue weighted by Crippen LogP contribution is -2.37. The summed E-state index contributed by atoms with van der Waals surface area (Å²) in [5.41, 5.74) is 1.32. The topological polar surface area (TPSA) is 82.6 Å². The van der Waals surface area contributed by atoms with Gasteiger partial charge in [-0.3, -0.25) is 4.72 Å². The van der Waals surface area contributed by atoms with E-state index in [0.717, 1.165) is 24.5 Å². The summed E-state index contributed by atoms with van der Waals surface area (Å²) in [7, 11) is -3.40. The van der Waals surface area contributed by atoms with Crippen LogP contribution in [0.5, 0.6) is 0 Å². The zero-order valence-electron chi connectivity index (χ0n) is 15.1. The van der Waals surface area contributed by atoms with Gasteiger partial charge in [0.25, 0.3) is 0 Å². The molecule has 0 heterocycles. The third kappa shape index (κ3) is 6.86. The van der Waals surface area contributed by atoms with E-state index in [9.17, 15) is 17.2 Å². The van der Waals surface area contributed by atoms with Crippen molar-refractivity contribution in [1.29, 1.82) is 0 Å². The van der Waals surface area contributed by atoms with Crippen molar-refractivity contribution in [3.8, 4) is 0 Å². The second-order valence-corrected chi connectivity index (χ2v) is 7.56. The fourth-order valence-electron chi connectivity index (χ4n) is 2.32. The molecular weight excluding hydrogens is 374 g/mol. The van der Waals surface area contributed by atoms with E-state index < -0.39 is 21.7 Å². The van der Waals surface area contributed by atoms with E-state index in [1.165, 1.54) is 0 Å². The number of hydrogen-bond acceptors (Lipinski definition) is 3. The summed E-state index contributed by atoms with van der Waals surface area (Å²) in [6.45, 7) is 2.69. The number of benzene rings is 2. The molecule has 0 aliphatic rings. The second-order valence-electron chi connectivity index (χ2n) is 5.82. The van der Waals surface area contributed by atoms with Crippen LogP contribution in [0.2, 0.25) is 0 Å². The van der Waals surface area contributed by atoms with Gasteiger partial charge in [-0.2, -0.15) is 0 Å². The molecule has 3 N–H and O–H groups in total. The summed E-state index contributed by atoms with van der Waals surface area (Å²) in [5, 5.41) is 6.06. The number of halogens is 2. The molecule has 0 radical (unpaired) electrons. The molecule has 0 saturated carbocycles. The van der Waals surface area contributed by atoms with E-state index in [4.69, 9.17) is 0 Å². The average Bonchev–Trinajstić information content (AvgIpc) is 2.60. The van der Waals surface area contributed by atoms with Crippen LogP contribution in [-0.4, -0.2) is 27.2 Å². The smallest absolute Gasteiger partial charge is 0.229 e. The van der Waals surface area contributed by atoms with Crippen LogP contribution in [0.15, 0.2) is 47.5 Å². The molecular formula is C18H22F2N4O2S. The van der Waals surface area contributed by atoms with Crippen molar-refractivity contribution >= 4 is 21.7 Å². The van der Waals surface area contributed by atoms with Gasteiger partial charge in [-0.15, -0.1) is 0 Å². The monoisotopic (exact) mass is 396 g/mol. The maximum absolute atomic E-state index is 13.7. The summed E-state index contributed by atoms with van der Waals surface area (Å²) in [4.78, 5) is 4.25. The highest BCUT2D eigenvalue weighted by atomic mass is 32.2. The number of nitrogens with one attached hydrogen (secondary N) is 3. The van der Waals surface area contributed by atoms with Gasteiger partial charge in [0, 0.05) is 18.7 Å². The Hall–Kier alpha value is -2.68. The minimum atomic E-state index is -3.40. The summed E-state index contributed by atoms with van der Waals surface area (Å²) in [6.07, 6.45) is 1.08. The van der Waals surface area contributed by atoms with Crippen LogP contribution in [0, 0.1) is 11.6 Å². The molecule has 2 aromatic rings. The Bertz CT molecular complexity index is 917. The summed E-state index contributed by atoms with van der Waals surface area (Å²) in [5.74, 6) is -0.658. The van der Waals surface area contributed by atoms with Gasteiger partial charge in [-0.1, -0.05) is 18.2 Å². The molecule has 0 spiro atoms. The first-order valence-electron chi connectivity index (χ1n) is 8.30. The fraction of sp³-hybridized carbons (Fsp3) is 0.278. The number of sulfonamides is 1. The van der Waals surface area contributed by atoms with E-state index in [2.05, 4.69) is 20.3 Å². The Labute approximate surface area is 157 Å². The number of rotatable bonds is 7. The fourth-order valence-corrected chi connectivity index (χ4v) is 2.92. The summed E-state index contributed by atoms with van der Waals surface area (Å²) in [6, 6.07) is 10.2. The van der Waals surface area contributed by atoms with Gasteiger partial charge < -0.3 is 10.6 Å². The summed E-state index contributed by atoms with van der Waals surface area (Å²) < 4.78 is 52.4. The lowest BCUT2D eigenvalue weighted by molar-refractivity contribution is 0.585. The number of nitrogens with zero attached hydrogens (tertiary/aromatic N) is 1. The van der Waals surface area contributed by atoms with Crippen molar-refractivity contribution in [3.05, 3.63) is 65.2 Å². The highest BCUT2D eigenvalue weighted by molar-refractivity contribution is 7.92. The van der Waals surface area contributed by atoms with Crippen molar-refractivity contribution in [2.75, 3.05) is 17.5 Å². The molecule has 0 unspecified atom stereocenters. The predicted molar refractivity (Wildman–Crippen MR) is 103 cm³/mol. The van der Waals surface area contributed by atoms with Crippen LogP contribution in [0.25, 0.3) is 0 Å². The number of anilines is 1. The van der Waals surface area contributed by atoms with Crippen molar-refractivity contribution in [1.82, 2.24) is 10.6 Å². The molecule has 0 fully saturated rings. The van der Waals surface area contributed by atoms with Crippen molar-refractivity contribution in [2.45, 2.75) is 20.0 Å². The highest BCUT2D eigenvalue weighted by Gasteiger charge is 2.08.